The van der Waals surface area contributed by atoms with Gasteiger partial charge in [0, 0.05) is 12.1 Å². The zero-order valence-corrected chi connectivity index (χ0v) is 24.1. The summed E-state index contributed by atoms with van der Waals surface area (Å²) in [5.74, 6) is 1.13. The van der Waals surface area contributed by atoms with Crippen LogP contribution in [0.15, 0.2) is 121 Å². The number of anilines is 1. The lowest BCUT2D eigenvalue weighted by Gasteiger charge is -2.37. The second kappa shape index (κ2) is 10.6. The van der Waals surface area contributed by atoms with Crippen molar-refractivity contribution in [1.29, 1.82) is 0 Å². The summed E-state index contributed by atoms with van der Waals surface area (Å²) in [7, 11) is 0. The monoisotopic (exact) mass is 580 g/mol. The highest BCUT2D eigenvalue weighted by Gasteiger charge is 2.67. The number of ether oxygens (including phenoxy) is 1. The van der Waals surface area contributed by atoms with Crippen LogP contribution in [-0.2, 0) is 20.8 Å². The topological polar surface area (TPSA) is 75.7 Å². The van der Waals surface area contributed by atoms with E-state index in [1.807, 2.05) is 72.8 Å². The molecule has 4 aliphatic carbocycles. The van der Waals surface area contributed by atoms with Gasteiger partial charge in [0.2, 0.25) is 17.7 Å². The molecule has 0 unspecified atom stereocenters. The third kappa shape index (κ3) is 4.62. The largest absolute Gasteiger partial charge is 0.457 e. The van der Waals surface area contributed by atoms with E-state index in [0.29, 0.717) is 29.0 Å². The van der Waals surface area contributed by atoms with Crippen molar-refractivity contribution >= 4 is 23.4 Å². The van der Waals surface area contributed by atoms with Gasteiger partial charge in [-0.05, 0) is 83.2 Å². The number of nitrogens with zero attached hydrogens (tertiary/aromatic N) is 1. The molecule has 2 bridgehead atoms. The summed E-state index contributed by atoms with van der Waals surface area (Å²) in [5, 5.41) is 2.98. The number of nitrogens with one attached hydrogen (secondary N) is 1. The van der Waals surface area contributed by atoms with E-state index in [-0.39, 0.29) is 47.8 Å². The van der Waals surface area contributed by atoms with E-state index in [1.165, 1.54) is 4.90 Å². The van der Waals surface area contributed by atoms with Crippen LogP contribution in [0.1, 0.15) is 12.0 Å². The predicted octanol–water partition coefficient (Wildman–Crippen LogP) is 6.75. The molecule has 1 N–H and O–H groups in total. The van der Waals surface area contributed by atoms with Gasteiger partial charge in [0.25, 0.3) is 0 Å². The number of benzene rings is 4. The average Bonchev–Trinajstić information content (AvgIpc) is 3.85. The van der Waals surface area contributed by atoms with Gasteiger partial charge in [0.1, 0.15) is 17.5 Å². The first-order valence-corrected chi connectivity index (χ1v) is 15.4. The molecule has 3 amide bonds. The van der Waals surface area contributed by atoms with Crippen LogP contribution in [0.3, 0.4) is 0 Å². The van der Waals surface area contributed by atoms with E-state index in [4.69, 9.17) is 4.74 Å². The van der Waals surface area contributed by atoms with Crippen LogP contribution in [0.5, 0.6) is 11.5 Å². The Balaban J connectivity index is 0.991. The number of carbonyl (C=O) groups is 3. The molecular formula is C38H32N2O4. The van der Waals surface area contributed by atoms with Gasteiger partial charge in [0.15, 0.2) is 0 Å². The second-order valence-corrected chi connectivity index (χ2v) is 12.4. The van der Waals surface area contributed by atoms with Crippen molar-refractivity contribution in [3.05, 3.63) is 127 Å². The van der Waals surface area contributed by atoms with E-state index >= 15 is 0 Å². The maximum atomic E-state index is 13.9. The summed E-state index contributed by atoms with van der Waals surface area (Å²) in [5.41, 5.74) is 3.71. The molecule has 7 atom stereocenters. The zero-order chi connectivity index (χ0) is 29.8. The molecule has 6 heteroatoms. The molecule has 6 nitrogen and oxygen atoms in total. The number of hydrogen-bond donors (Lipinski definition) is 1. The Morgan fingerprint density at radius 1 is 0.705 bits per heavy atom. The summed E-state index contributed by atoms with van der Waals surface area (Å²) in [6.45, 7) is 0. The third-order valence-electron chi connectivity index (χ3n) is 9.90. The smallest absolute Gasteiger partial charge is 0.248 e. The third-order valence-corrected chi connectivity index (χ3v) is 9.90. The normalized spacial score (nSPS) is 26.6. The molecule has 5 aliphatic rings. The minimum Gasteiger partial charge on any atom is -0.457 e. The molecule has 3 fully saturated rings. The maximum absolute atomic E-state index is 13.9. The Hall–Kier alpha value is -4.97. The number of carbonyl (C=O) groups excluding carboxylic acids is 3. The first-order valence-electron chi connectivity index (χ1n) is 15.4. The highest BCUT2D eigenvalue weighted by Crippen LogP contribution is 2.65. The molecule has 4 aromatic carbocycles. The fourth-order valence-corrected chi connectivity index (χ4v) is 7.74. The molecule has 2 saturated carbocycles. The molecule has 44 heavy (non-hydrogen) atoms. The van der Waals surface area contributed by atoms with Gasteiger partial charge in [-0.2, -0.15) is 0 Å². The van der Waals surface area contributed by atoms with E-state index in [1.54, 1.807) is 24.3 Å². The first-order chi connectivity index (χ1) is 21.5. The van der Waals surface area contributed by atoms with E-state index in [9.17, 15) is 14.4 Å². The standard InChI is InChI=1S/C38H32N2O4/c41-36(39-26-13-17-28(18-14-26)44-27-15-11-25(12-16-27)24-9-5-2-6-10-24)33(21-23-7-3-1-4-8-23)40-37(42)34-29-19-20-30(32-22-31(29)32)35(34)38(40)43/h1-20,29-35H,21-22H2,(H,39,41)/t29-,30-,31-,32-,33-,34+,35+/m1/s1. The Kier molecular flexibility index (Phi) is 6.44. The van der Waals surface area contributed by atoms with Crippen LogP contribution in [0.25, 0.3) is 11.1 Å². The van der Waals surface area contributed by atoms with Crippen molar-refractivity contribution in [2.75, 3.05) is 5.32 Å². The number of amides is 3. The summed E-state index contributed by atoms with van der Waals surface area (Å²) >= 11 is 0. The molecule has 1 saturated heterocycles. The summed E-state index contributed by atoms with van der Waals surface area (Å²) in [6.07, 6.45) is 5.67. The highest BCUT2D eigenvalue weighted by atomic mass is 16.5. The molecule has 1 aliphatic heterocycles. The summed E-state index contributed by atoms with van der Waals surface area (Å²) in [6, 6.07) is 33.8. The molecule has 0 spiro atoms. The SMILES string of the molecule is O=C(Nc1ccc(Oc2ccc(-c3ccccc3)cc2)cc1)[C@@H](Cc1ccccc1)N1C(=O)[C@H]2[C@@H]3C=C[C@H]([C@H]4C[C@H]34)[C@@H]2C1=O. The van der Waals surface area contributed by atoms with E-state index in [0.717, 1.165) is 23.1 Å². The number of hydrogen-bond acceptors (Lipinski definition) is 4. The fraction of sp³-hybridized carbons (Fsp3) is 0.237. The Labute approximate surface area is 256 Å². The zero-order valence-electron chi connectivity index (χ0n) is 24.1. The van der Waals surface area contributed by atoms with Crippen molar-refractivity contribution in [2.24, 2.45) is 35.5 Å². The van der Waals surface area contributed by atoms with Gasteiger partial charge in [-0.15, -0.1) is 0 Å². The lowest BCUT2D eigenvalue weighted by molar-refractivity contribution is -0.146. The average molecular weight is 581 g/mol. The molecule has 4 aromatic rings. The van der Waals surface area contributed by atoms with Crippen molar-refractivity contribution in [3.8, 4) is 22.6 Å². The van der Waals surface area contributed by atoms with Crippen LogP contribution >= 0.6 is 0 Å². The maximum Gasteiger partial charge on any atom is 0.248 e. The molecule has 9 rings (SSSR count). The van der Waals surface area contributed by atoms with E-state index < -0.39 is 6.04 Å². The minimum atomic E-state index is -0.933. The van der Waals surface area contributed by atoms with Gasteiger partial charge in [-0.25, -0.2) is 0 Å². The quantitative estimate of drug-likeness (QED) is 0.185. The Bertz CT molecular complexity index is 1710. The van der Waals surface area contributed by atoms with Crippen LogP contribution < -0.4 is 10.1 Å². The van der Waals surface area contributed by atoms with Gasteiger partial charge in [-0.3, -0.25) is 19.3 Å². The molecule has 1 heterocycles. The van der Waals surface area contributed by atoms with Crippen molar-refractivity contribution < 1.29 is 19.1 Å². The van der Waals surface area contributed by atoms with Gasteiger partial charge in [-0.1, -0.05) is 84.9 Å². The van der Waals surface area contributed by atoms with Crippen LogP contribution in [0.2, 0.25) is 0 Å². The van der Waals surface area contributed by atoms with Crippen LogP contribution in [0, 0.1) is 35.5 Å². The van der Waals surface area contributed by atoms with Gasteiger partial charge >= 0.3 is 0 Å². The molecular weight excluding hydrogens is 548 g/mol. The molecule has 0 aromatic heterocycles. The Morgan fingerprint density at radius 2 is 1.23 bits per heavy atom. The van der Waals surface area contributed by atoms with E-state index in [2.05, 4.69) is 29.6 Å². The Morgan fingerprint density at radius 3 is 1.82 bits per heavy atom. The van der Waals surface area contributed by atoms with Crippen molar-refractivity contribution in [1.82, 2.24) is 4.90 Å². The predicted molar refractivity (Wildman–Crippen MR) is 168 cm³/mol. The number of allylic oxidation sites excluding steroid dienone is 2. The first kappa shape index (κ1) is 26.6. The van der Waals surface area contributed by atoms with Crippen LogP contribution in [-0.4, -0.2) is 28.7 Å². The number of imide groups is 1. The fourth-order valence-electron chi connectivity index (χ4n) is 7.74. The molecule has 218 valence electrons. The second-order valence-electron chi connectivity index (χ2n) is 12.4. The van der Waals surface area contributed by atoms with Crippen LogP contribution in [0.4, 0.5) is 5.69 Å². The summed E-state index contributed by atoms with van der Waals surface area (Å²) < 4.78 is 6.04. The molecule has 0 radical (unpaired) electrons. The number of likely N-dealkylation sites (tertiary alicyclic amines) is 1. The van der Waals surface area contributed by atoms with Gasteiger partial charge in [0.05, 0.1) is 11.8 Å². The summed E-state index contributed by atoms with van der Waals surface area (Å²) in [4.78, 5) is 42.9. The minimum absolute atomic E-state index is 0.110. The lowest BCUT2D eigenvalue weighted by Crippen LogP contribution is -2.49. The van der Waals surface area contributed by atoms with Crippen molar-refractivity contribution in [2.45, 2.75) is 18.9 Å². The lowest BCUT2D eigenvalue weighted by atomic mass is 9.63. The number of rotatable bonds is 8. The highest BCUT2D eigenvalue weighted by molar-refractivity contribution is 6.10. The van der Waals surface area contributed by atoms with Crippen molar-refractivity contribution in [3.63, 3.8) is 0 Å². The van der Waals surface area contributed by atoms with Gasteiger partial charge < -0.3 is 10.1 Å².